The number of nitrogens with zero attached hydrogens (tertiary/aromatic N) is 4. The Morgan fingerprint density at radius 3 is 2.46 bits per heavy atom. The monoisotopic (exact) mass is 555 g/mol. The highest BCUT2D eigenvalue weighted by Gasteiger charge is 2.26. The van der Waals surface area contributed by atoms with Crippen LogP contribution >= 0.6 is 0 Å². The van der Waals surface area contributed by atoms with Gasteiger partial charge in [-0.2, -0.15) is 5.10 Å². The molecule has 9 nitrogen and oxygen atoms in total. The summed E-state index contributed by atoms with van der Waals surface area (Å²) in [7, 11) is 0. The molecule has 1 saturated heterocycles. The number of hydrogen-bond acceptors (Lipinski definition) is 4. The molecule has 4 aromatic rings. The Balaban J connectivity index is 1.46. The molecule has 2 atom stereocenters. The summed E-state index contributed by atoms with van der Waals surface area (Å²) in [6.07, 6.45) is 8.08. The van der Waals surface area contributed by atoms with Gasteiger partial charge in [0.25, 0.3) is 5.91 Å². The van der Waals surface area contributed by atoms with Crippen LogP contribution in [0, 0.1) is 13.8 Å². The van der Waals surface area contributed by atoms with Crippen LogP contribution in [0.4, 0.5) is 5.69 Å². The Labute approximate surface area is 239 Å². The summed E-state index contributed by atoms with van der Waals surface area (Å²) in [5, 5.41) is 18.3. The van der Waals surface area contributed by atoms with Crippen LogP contribution in [0.25, 0.3) is 10.9 Å². The van der Waals surface area contributed by atoms with Crippen LogP contribution in [0.15, 0.2) is 55.0 Å². The molecule has 2 aromatic carbocycles. The maximum Gasteiger partial charge on any atom is 0.311 e. The van der Waals surface area contributed by atoms with Gasteiger partial charge in [-0.05, 0) is 80.5 Å². The lowest BCUT2D eigenvalue weighted by molar-refractivity contribution is -0.138. The number of nitrogens with one attached hydrogen (secondary N) is 1. The van der Waals surface area contributed by atoms with Crippen molar-refractivity contribution in [3.05, 3.63) is 82.8 Å². The molecule has 41 heavy (non-hydrogen) atoms. The third kappa shape index (κ3) is 5.75. The Hall–Kier alpha value is -4.40. The van der Waals surface area contributed by atoms with E-state index in [2.05, 4.69) is 10.4 Å². The highest BCUT2D eigenvalue weighted by molar-refractivity contribution is 6.00. The number of fused-ring (bicyclic) bond motifs is 1. The molecule has 1 aliphatic heterocycles. The number of carboxylic acid groups (broad SMARTS) is 1. The predicted molar refractivity (Wildman–Crippen MR) is 158 cm³/mol. The Morgan fingerprint density at radius 2 is 1.80 bits per heavy atom. The predicted octanol–water partition coefficient (Wildman–Crippen LogP) is 5.52. The number of likely N-dealkylation sites (tertiary alicyclic amines) is 1. The normalized spacial score (nSPS) is 14.8. The van der Waals surface area contributed by atoms with Gasteiger partial charge in [0.05, 0.1) is 18.7 Å². The standard InChI is InChI=1S/C32H37N5O4/c1-5-25(32(40)41)27-10-8-23(19-36-17-20(2)16-33-36)14-28(27)34-30(38)22(4)37-18-21(3)26-11-9-24(15-29(26)37)31(39)35-12-6-7-13-35/h8-11,14-18,22,25H,5-7,12-13,19H2,1-4H3,(H,34,38)(H,40,41). The van der Waals surface area contributed by atoms with E-state index in [1.54, 1.807) is 12.3 Å². The minimum atomic E-state index is -0.936. The second-order valence-corrected chi connectivity index (χ2v) is 11.1. The largest absolute Gasteiger partial charge is 0.481 e. The first-order chi connectivity index (χ1) is 19.7. The van der Waals surface area contributed by atoms with E-state index in [-0.39, 0.29) is 11.8 Å². The number of amides is 2. The number of carbonyl (C=O) groups excluding carboxylic acids is 2. The number of carbonyl (C=O) groups is 3. The molecule has 0 spiro atoms. The number of rotatable bonds is 9. The van der Waals surface area contributed by atoms with Gasteiger partial charge >= 0.3 is 5.97 Å². The van der Waals surface area contributed by atoms with Gasteiger partial charge in [-0.1, -0.05) is 25.1 Å². The van der Waals surface area contributed by atoms with Crippen molar-refractivity contribution in [1.82, 2.24) is 19.2 Å². The first-order valence-electron chi connectivity index (χ1n) is 14.2. The number of carboxylic acids is 1. The Kier molecular flexibility index (Phi) is 7.97. The summed E-state index contributed by atoms with van der Waals surface area (Å²) < 4.78 is 3.70. The molecule has 0 radical (unpaired) electrons. The van der Waals surface area contributed by atoms with Crippen LogP contribution in [0.3, 0.4) is 0 Å². The van der Waals surface area contributed by atoms with Gasteiger partial charge < -0.3 is 19.9 Å². The maximum absolute atomic E-state index is 13.7. The molecule has 1 aliphatic rings. The van der Waals surface area contributed by atoms with Crippen molar-refractivity contribution < 1.29 is 19.5 Å². The zero-order chi connectivity index (χ0) is 29.3. The summed E-state index contributed by atoms with van der Waals surface area (Å²) in [6, 6.07) is 10.6. The van der Waals surface area contributed by atoms with Gasteiger partial charge in [-0.25, -0.2) is 0 Å². The molecule has 1 fully saturated rings. The molecule has 0 bridgehead atoms. The zero-order valence-electron chi connectivity index (χ0n) is 24.1. The molecule has 0 aliphatic carbocycles. The summed E-state index contributed by atoms with van der Waals surface area (Å²) in [6.45, 7) is 9.63. The van der Waals surface area contributed by atoms with Crippen molar-refractivity contribution in [3.8, 4) is 0 Å². The van der Waals surface area contributed by atoms with Crippen LogP contribution in [-0.4, -0.2) is 55.2 Å². The summed E-state index contributed by atoms with van der Waals surface area (Å²) in [4.78, 5) is 40.8. The average Bonchev–Trinajstić information content (AvgIpc) is 3.70. The third-order valence-corrected chi connectivity index (χ3v) is 8.03. The van der Waals surface area contributed by atoms with Crippen molar-refractivity contribution in [3.63, 3.8) is 0 Å². The van der Waals surface area contributed by atoms with Crippen molar-refractivity contribution in [1.29, 1.82) is 0 Å². The molecule has 9 heteroatoms. The van der Waals surface area contributed by atoms with Crippen LogP contribution in [0.1, 0.15) is 77.7 Å². The minimum absolute atomic E-state index is 0.0139. The first-order valence-corrected chi connectivity index (χ1v) is 14.2. The van der Waals surface area contributed by atoms with Gasteiger partial charge in [-0.3, -0.25) is 19.1 Å². The second kappa shape index (κ2) is 11.6. The number of aliphatic carboxylic acids is 1. The van der Waals surface area contributed by atoms with Crippen LogP contribution < -0.4 is 5.32 Å². The van der Waals surface area contributed by atoms with E-state index < -0.39 is 17.9 Å². The van der Waals surface area contributed by atoms with Gasteiger partial charge in [-0.15, -0.1) is 0 Å². The van der Waals surface area contributed by atoms with Gasteiger partial charge in [0, 0.05) is 47.6 Å². The smallest absolute Gasteiger partial charge is 0.311 e. The minimum Gasteiger partial charge on any atom is -0.481 e. The second-order valence-electron chi connectivity index (χ2n) is 11.1. The summed E-state index contributed by atoms with van der Waals surface area (Å²) in [5.41, 5.74) is 5.42. The molecular formula is C32H37N5O4. The number of aryl methyl sites for hydroxylation is 2. The Morgan fingerprint density at radius 1 is 1.05 bits per heavy atom. The molecule has 2 unspecified atom stereocenters. The molecule has 214 valence electrons. The van der Waals surface area contributed by atoms with Crippen molar-refractivity contribution in [2.45, 2.75) is 65.5 Å². The fourth-order valence-electron chi connectivity index (χ4n) is 5.73. The van der Waals surface area contributed by atoms with Crippen LogP contribution in [-0.2, 0) is 16.1 Å². The Bertz CT molecular complexity index is 1610. The molecule has 5 rings (SSSR count). The maximum atomic E-state index is 13.7. The van der Waals surface area contributed by atoms with E-state index in [1.807, 2.05) is 84.6 Å². The van der Waals surface area contributed by atoms with E-state index >= 15 is 0 Å². The lowest BCUT2D eigenvalue weighted by Crippen LogP contribution is -2.27. The highest BCUT2D eigenvalue weighted by Crippen LogP contribution is 2.31. The number of hydrogen-bond donors (Lipinski definition) is 2. The van der Waals surface area contributed by atoms with Crippen molar-refractivity contribution in [2.24, 2.45) is 0 Å². The quantitative estimate of drug-likeness (QED) is 0.283. The fourth-order valence-corrected chi connectivity index (χ4v) is 5.73. The summed E-state index contributed by atoms with van der Waals surface area (Å²) in [5.74, 6) is -1.95. The highest BCUT2D eigenvalue weighted by atomic mass is 16.4. The van der Waals surface area contributed by atoms with E-state index in [4.69, 9.17) is 0 Å². The number of benzene rings is 2. The third-order valence-electron chi connectivity index (χ3n) is 8.03. The number of aromatic nitrogens is 3. The lowest BCUT2D eigenvalue weighted by Gasteiger charge is -2.21. The van der Waals surface area contributed by atoms with Crippen LogP contribution in [0.5, 0.6) is 0 Å². The SMILES string of the molecule is CCC(C(=O)O)c1ccc(Cn2cc(C)cn2)cc1NC(=O)C(C)n1cc(C)c2ccc(C(=O)N3CCCC3)cc21. The van der Waals surface area contributed by atoms with E-state index in [1.165, 1.54) is 0 Å². The molecule has 2 amide bonds. The fraction of sp³-hybridized carbons (Fsp3) is 0.375. The van der Waals surface area contributed by atoms with E-state index in [9.17, 15) is 19.5 Å². The van der Waals surface area contributed by atoms with E-state index in [0.717, 1.165) is 53.5 Å². The van der Waals surface area contributed by atoms with Gasteiger partial charge in [0.2, 0.25) is 5.91 Å². The zero-order valence-corrected chi connectivity index (χ0v) is 24.1. The molecule has 2 N–H and O–H groups in total. The van der Waals surface area contributed by atoms with Crippen LogP contribution in [0.2, 0.25) is 0 Å². The molecule has 2 aromatic heterocycles. The van der Waals surface area contributed by atoms with Gasteiger partial charge in [0.15, 0.2) is 0 Å². The lowest BCUT2D eigenvalue weighted by atomic mass is 9.93. The van der Waals surface area contributed by atoms with Gasteiger partial charge in [0.1, 0.15) is 6.04 Å². The van der Waals surface area contributed by atoms with Crippen molar-refractivity contribution >= 4 is 34.4 Å². The average molecular weight is 556 g/mol. The molecular weight excluding hydrogens is 518 g/mol. The van der Waals surface area contributed by atoms with E-state index in [0.29, 0.717) is 29.8 Å². The first kappa shape index (κ1) is 28.1. The molecule has 3 heterocycles. The molecule has 0 saturated carbocycles. The van der Waals surface area contributed by atoms with Crippen molar-refractivity contribution in [2.75, 3.05) is 18.4 Å². The summed E-state index contributed by atoms with van der Waals surface area (Å²) >= 11 is 0. The topological polar surface area (TPSA) is 109 Å². The number of anilines is 1.